The zero-order chi connectivity index (χ0) is 23.1. The van der Waals surface area contributed by atoms with Gasteiger partial charge in [0, 0.05) is 41.9 Å². The van der Waals surface area contributed by atoms with Gasteiger partial charge in [-0.25, -0.2) is 9.97 Å². The molecule has 2 aromatic carbocycles. The Bertz CT molecular complexity index is 1430. The van der Waals surface area contributed by atoms with E-state index in [0.29, 0.717) is 17.2 Å². The number of hydrogen-bond donors (Lipinski definition) is 2. The van der Waals surface area contributed by atoms with Gasteiger partial charge in [0.2, 0.25) is 0 Å². The number of aromatic nitrogens is 2. The van der Waals surface area contributed by atoms with Gasteiger partial charge in [0.05, 0.1) is 5.39 Å². The molecule has 4 aromatic rings. The summed E-state index contributed by atoms with van der Waals surface area (Å²) in [4.78, 5) is 36.8. The van der Waals surface area contributed by atoms with Crippen LogP contribution >= 0.6 is 23.7 Å². The fourth-order valence-electron chi connectivity index (χ4n) is 3.71. The van der Waals surface area contributed by atoms with Crippen LogP contribution in [0.1, 0.15) is 6.92 Å². The second-order valence-electron chi connectivity index (χ2n) is 7.94. The lowest BCUT2D eigenvalue weighted by atomic mass is 10.1. The molecule has 0 radical (unpaired) electrons. The van der Waals surface area contributed by atoms with Gasteiger partial charge in [-0.1, -0.05) is 30.3 Å². The van der Waals surface area contributed by atoms with Gasteiger partial charge in [-0.2, -0.15) is 0 Å². The molecular weight excluding hydrogens is 470 g/mol. The van der Waals surface area contributed by atoms with Crippen LogP contribution in [0.4, 0.5) is 11.5 Å². The number of benzene rings is 2. The number of hydrogen-bond acceptors (Lipinski definition) is 7. The van der Waals surface area contributed by atoms with Crippen molar-refractivity contribution in [3.63, 3.8) is 0 Å². The summed E-state index contributed by atoms with van der Waals surface area (Å²) in [6.07, 6.45) is 0. The standard InChI is InChI=1S/C25H21N5O2S.ClH/c1-14-20(24(32)29-23(14)31)26-22-19-18(15-7-5-4-6-8-15)13-33-25(19)28-21(27-22)16-9-11-17(12-10-16)30(2)3;/h4-13H,1-3H3,(H2,26,27,28,29,31,32);1H. The van der Waals surface area contributed by atoms with Crippen LogP contribution in [0.2, 0.25) is 0 Å². The molecule has 0 bridgehead atoms. The predicted octanol–water partition coefficient (Wildman–Crippen LogP) is 4.86. The van der Waals surface area contributed by atoms with E-state index >= 15 is 0 Å². The summed E-state index contributed by atoms with van der Waals surface area (Å²) in [5.41, 5.74) is 4.46. The van der Waals surface area contributed by atoms with E-state index in [1.807, 2.05) is 79.0 Å². The molecule has 1 aliphatic rings. The highest BCUT2D eigenvalue weighted by atomic mass is 35.5. The third-order valence-corrected chi connectivity index (χ3v) is 6.45. The quantitative estimate of drug-likeness (QED) is 0.388. The van der Waals surface area contributed by atoms with Crippen molar-refractivity contribution in [2.75, 3.05) is 24.3 Å². The van der Waals surface area contributed by atoms with Gasteiger partial charge < -0.3 is 10.2 Å². The molecule has 0 atom stereocenters. The summed E-state index contributed by atoms with van der Waals surface area (Å²) in [6, 6.07) is 17.9. The van der Waals surface area contributed by atoms with Gasteiger partial charge >= 0.3 is 0 Å². The third kappa shape index (κ3) is 4.13. The monoisotopic (exact) mass is 491 g/mol. The number of carbonyl (C=O) groups excluding carboxylic acids is 2. The summed E-state index contributed by atoms with van der Waals surface area (Å²) in [6.45, 7) is 1.62. The summed E-state index contributed by atoms with van der Waals surface area (Å²) < 4.78 is 0. The van der Waals surface area contributed by atoms with Crippen LogP contribution in [0, 0.1) is 0 Å². The predicted molar refractivity (Wildman–Crippen MR) is 139 cm³/mol. The largest absolute Gasteiger partial charge is 0.378 e. The SMILES string of the molecule is CC1=C(Nc2nc(-c3ccc(N(C)C)cc3)nc3scc(-c4ccccc4)c23)C(=O)NC1=O.Cl. The number of nitrogens with zero attached hydrogens (tertiary/aromatic N) is 3. The van der Waals surface area contributed by atoms with Crippen LogP contribution in [0.25, 0.3) is 32.7 Å². The van der Waals surface area contributed by atoms with Gasteiger partial charge in [0.25, 0.3) is 11.8 Å². The molecular formula is C25H22ClN5O2S. The number of thiophene rings is 1. The molecule has 1 aliphatic heterocycles. The first-order valence-corrected chi connectivity index (χ1v) is 11.3. The second kappa shape index (κ2) is 9.24. The third-order valence-electron chi connectivity index (χ3n) is 5.57. The molecule has 5 rings (SSSR count). The molecule has 7 nitrogen and oxygen atoms in total. The number of carbonyl (C=O) groups is 2. The normalized spacial score (nSPS) is 13.1. The molecule has 0 saturated heterocycles. The van der Waals surface area contributed by atoms with Crippen molar-refractivity contribution in [3.8, 4) is 22.5 Å². The molecule has 0 saturated carbocycles. The van der Waals surface area contributed by atoms with Crippen LogP contribution in [-0.2, 0) is 9.59 Å². The number of fused-ring (bicyclic) bond motifs is 1. The Morgan fingerprint density at radius 3 is 2.24 bits per heavy atom. The van der Waals surface area contributed by atoms with Gasteiger partial charge in [-0.15, -0.1) is 23.7 Å². The number of nitrogens with one attached hydrogen (secondary N) is 2. The van der Waals surface area contributed by atoms with Crippen molar-refractivity contribution < 1.29 is 9.59 Å². The Balaban J connectivity index is 0.00000274. The van der Waals surface area contributed by atoms with Crippen LogP contribution in [0.5, 0.6) is 0 Å². The van der Waals surface area contributed by atoms with Gasteiger partial charge in [0.15, 0.2) is 5.82 Å². The molecule has 0 fully saturated rings. The van der Waals surface area contributed by atoms with Crippen LogP contribution in [-0.4, -0.2) is 35.9 Å². The number of halogens is 1. The maximum atomic E-state index is 12.4. The first-order chi connectivity index (χ1) is 15.9. The Kier molecular flexibility index (Phi) is 6.37. The molecule has 2 amide bonds. The zero-order valence-electron chi connectivity index (χ0n) is 18.7. The van der Waals surface area contributed by atoms with E-state index in [1.165, 1.54) is 11.3 Å². The average molecular weight is 492 g/mol. The molecule has 2 aromatic heterocycles. The van der Waals surface area contributed by atoms with Crippen molar-refractivity contribution in [2.24, 2.45) is 0 Å². The van der Waals surface area contributed by atoms with Crippen molar-refractivity contribution in [2.45, 2.75) is 6.92 Å². The Labute approximate surface area is 207 Å². The highest BCUT2D eigenvalue weighted by molar-refractivity contribution is 7.17. The molecule has 172 valence electrons. The lowest BCUT2D eigenvalue weighted by Gasteiger charge is -2.13. The summed E-state index contributed by atoms with van der Waals surface area (Å²) in [7, 11) is 3.97. The number of amides is 2. The number of anilines is 2. The van der Waals surface area contributed by atoms with Crippen molar-refractivity contribution in [3.05, 3.63) is 71.2 Å². The maximum absolute atomic E-state index is 12.4. The van der Waals surface area contributed by atoms with Gasteiger partial charge in [-0.05, 0) is 36.8 Å². The molecule has 9 heteroatoms. The highest BCUT2D eigenvalue weighted by Crippen LogP contribution is 2.39. The first-order valence-electron chi connectivity index (χ1n) is 10.4. The average Bonchev–Trinajstić information content (AvgIpc) is 3.36. The highest BCUT2D eigenvalue weighted by Gasteiger charge is 2.28. The number of rotatable bonds is 5. The molecule has 34 heavy (non-hydrogen) atoms. The first kappa shape index (κ1) is 23.4. The van der Waals surface area contributed by atoms with E-state index in [0.717, 1.165) is 32.6 Å². The minimum Gasteiger partial charge on any atom is -0.378 e. The van der Waals surface area contributed by atoms with Crippen LogP contribution < -0.4 is 15.5 Å². The lowest BCUT2D eigenvalue weighted by Crippen LogP contribution is -2.24. The Morgan fingerprint density at radius 1 is 0.912 bits per heavy atom. The van der Waals surface area contributed by atoms with E-state index in [2.05, 4.69) is 10.6 Å². The summed E-state index contributed by atoms with van der Waals surface area (Å²) in [5.74, 6) is 0.171. The maximum Gasteiger partial charge on any atom is 0.275 e. The second-order valence-corrected chi connectivity index (χ2v) is 8.80. The fourth-order valence-corrected chi connectivity index (χ4v) is 4.66. The van der Waals surface area contributed by atoms with E-state index in [-0.39, 0.29) is 18.1 Å². The van der Waals surface area contributed by atoms with Crippen molar-refractivity contribution in [1.29, 1.82) is 0 Å². The summed E-state index contributed by atoms with van der Waals surface area (Å²) >= 11 is 1.52. The zero-order valence-corrected chi connectivity index (χ0v) is 20.4. The van der Waals surface area contributed by atoms with E-state index in [1.54, 1.807) is 6.92 Å². The van der Waals surface area contributed by atoms with Gasteiger partial charge in [-0.3, -0.25) is 14.9 Å². The van der Waals surface area contributed by atoms with E-state index in [4.69, 9.17) is 9.97 Å². The van der Waals surface area contributed by atoms with Crippen molar-refractivity contribution in [1.82, 2.24) is 15.3 Å². The molecule has 0 unspecified atom stereocenters. The summed E-state index contributed by atoms with van der Waals surface area (Å²) in [5, 5.41) is 8.33. The molecule has 3 heterocycles. The van der Waals surface area contributed by atoms with E-state index < -0.39 is 11.8 Å². The molecule has 0 aliphatic carbocycles. The smallest absolute Gasteiger partial charge is 0.275 e. The van der Waals surface area contributed by atoms with E-state index in [9.17, 15) is 9.59 Å². The minimum atomic E-state index is -0.461. The van der Waals surface area contributed by atoms with Gasteiger partial charge in [0.1, 0.15) is 16.3 Å². The molecule has 2 N–H and O–H groups in total. The van der Waals surface area contributed by atoms with Crippen LogP contribution in [0.15, 0.2) is 71.2 Å². The lowest BCUT2D eigenvalue weighted by molar-refractivity contribution is -0.124. The topological polar surface area (TPSA) is 87.2 Å². The van der Waals surface area contributed by atoms with Crippen molar-refractivity contribution >= 4 is 57.3 Å². The number of imide groups is 1. The molecule has 0 spiro atoms. The Morgan fingerprint density at radius 2 is 1.62 bits per heavy atom. The minimum absolute atomic E-state index is 0. The fraction of sp³-hybridized carbons (Fsp3) is 0.120. The van der Waals surface area contributed by atoms with Crippen LogP contribution in [0.3, 0.4) is 0 Å². The Hall–Kier alpha value is -3.75.